The molecular formula is C21H21N3O3S. The van der Waals surface area contributed by atoms with Gasteiger partial charge in [-0.05, 0) is 42.2 Å². The van der Waals surface area contributed by atoms with Gasteiger partial charge in [-0.25, -0.2) is 4.98 Å². The Morgan fingerprint density at radius 1 is 1.32 bits per heavy atom. The zero-order chi connectivity index (χ0) is 20.3. The van der Waals surface area contributed by atoms with Crippen molar-refractivity contribution in [2.24, 2.45) is 5.41 Å². The molecule has 0 unspecified atom stereocenters. The minimum absolute atomic E-state index is 0.0176. The number of nitrogens with zero attached hydrogens (tertiary/aromatic N) is 2. The maximum absolute atomic E-state index is 12.4. The van der Waals surface area contributed by atoms with E-state index in [1.165, 1.54) is 11.8 Å². The Kier molecular flexibility index (Phi) is 5.71. The molecule has 1 aliphatic rings. The first-order valence-corrected chi connectivity index (χ1v) is 9.84. The lowest BCUT2D eigenvalue weighted by molar-refractivity contribution is -0.113. The highest BCUT2D eigenvalue weighted by atomic mass is 32.2. The molecule has 1 aromatic carbocycles. The van der Waals surface area contributed by atoms with Crippen LogP contribution in [0.4, 0.5) is 5.69 Å². The molecular weight excluding hydrogens is 374 g/mol. The zero-order valence-electron chi connectivity index (χ0n) is 16.0. The molecule has 0 spiro atoms. The molecule has 0 bridgehead atoms. The molecule has 0 saturated carbocycles. The van der Waals surface area contributed by atoms with Gasteiger partial charge in [0.2, 0.25) is 5.91 Å². The molecule has 0 radical (unpaired) electrons. The molecule has 1 N–H and O–H groups in total. The van der Waals surface area contributed by atoms with Crippen molar-refractivity contribution in [2.45, 2.75) is 31.7 Å². The second-order valence-corrected chi connectivity index (χ2v) is 8.42. The van der Waals surface area contributed by atoms with Gasteiger partial charge in [0.25, 0.3) is 0 Å². The van der Waals surface area contributed by atoms with Gasteiger partial charge < -0.3 is 10.1 Å². The fraction of sp³-hybridized carbons (Fsp3) is 0.333. The molecule has 1 aliphatic carbocycles. The van der Waals surface area contributed by atoms with E-state index in [0.29, 0.717) is 46.1 Å². The zero-order valence-corrected chi connectivity index (χ0v) is 16.9. The van der Waals surface area contributed by atoms with E-state index in [4.69, 9.17) is 4.74 Å². The third kappa shape index (κ3) is 4.52. The lowest BCUT2D eigenvalue weighted by atomic mass is 9.75. The number of carbonyl (C=O) groups excluding carboxylic acids is 2. The lowest BCUT2D eigenvalue weighted by Gasteiger charge is -2.29. The smallest absolute Gasteiger partial charge is 0.234 e. The highest BCUT2D eigenvalue weighted by Crippen LogP contribution is 2.36. The highest BCUT2D eigenvalue weighted by Gasteiger charge is 2.32. The summed E-state index contributed by atoms with van der Waals surface area (Å²) in [5.41, 5.74) is 2.08. The minimum atomic E-state index is -0.199. The van der Waals surface area contributed by atoms with Gasteiger partial charge in [-0.1, -0.05) is 25.6 Å². The van der Waals surface area contributed by atoms with Crippen molar-refractivity contribution in [3.63, 3.8) is 0 Å². The van der Waals surface area contributed by atoms with Gasteiger partial charge in [0, 0.05) is 17.7 Å². The van der Waals surface area contributed by atoms with Crippen LogP contribution in [0.15, 0.2) is 35.4 Å². The van der Waals surface area contributed by atoms with E-state index in [1.807, 2.05) is 13.8 Å². The van der Waals surface area contributed by atoms with Gasteiger partial charge in [0.15, 0.2) is 5.78 Å². The summed E-state index contributed by atoms with van der Waals surface area (Å²) in [7, 11) is 1.58. The molecule has 0 saturated heterocycles. The van der Waals surface area contributed by atoms with Crippen LogP contribution in [0.25, 0.3) is 0 Å². The monoisotopic (exact) mass is 395 g/mol. The highest BCUT2D eigenvalue weighted by molar-refractivity contribution is 8.00. The number of pyridine rings is 1. The van der Waals surface area contributed by atoms with Crippen molar-refractivity contribution < 1.29 is 14.3 Å². The summed E-state index contributed by atoms with van der Waals surface area (Å²) in [4.78, 5) is 29.2. The number of thioether (sulfide) groups is 1. The number of nitriles is 1. The van der Waals surface area contributed by atoms with E-state index in [-0.39, 0.29) is 22.9 Å². The molecule has 1 heterocycles. The van der Waals surface area contributed by atoms with Crippen LogP contribution in [0.3, 0.4) is 0 Å². The van der Waals surface area contributed by atoms with Crippen molar-refractivity contribution in [2.75, 3.05) is 18.2 Å². The predicted octanol–water partition coefficient (Wildman–Crippen LogP) is 3.85. The van der Waals surface area contributed by atoms with Crippen molar-refractivity contribution in [1.82, 2.24) is 4.98 Å². The molecule has 6 nitrogen and oxygen atoms in total. The molecule has 0 aliphatic heterocycles. The summed E-state index contributed by atoms with van der Waals surface area (Å²) in [6.45, 7) is 4.06. The number of benzene rings is 1. The van der Waals surface area contributed by atoms with Crippen LogP contribution in [0, 0.1) is 16.7 Å². The van der Waals surface area contributed by atoms with Gasteiger partial charge in [-0.3, -0.25) is 9.59 Å². The second kappa shape index (κ2) is 8.03. The van der Waals surface area contributed by atoms with E-state index >= 15 is 0 Å². The lowest BCUT2D eigenvalue weighted by Crippen LogP contribution is -2.28. The van der Waals surface area contributed by atoms with Crippen LogP contribution >= 0.6 is 11.8 Å². The van der Waals surface area contributed by atoms with Gasteiger partial charge in [-0.2, -0.15) is 5.26 Å². The van der Waals surface area contributed by atoms with Gasteiger partial charge in [0.1, 0.15) is 16.8 Å². The van der Waals surface area contributed by atoms with Gasteiger partial charge >= 0.3 is 0 Å². The molecule has 144 valence electrons. The number of carbonyl (C=O) groups is 2. The molecule has 7 heteroatoms. The van der Waals surface area contributed by atoms with Crippen molar-refractivity contribution >= 4 is 29.1 Å². The third-order valence-electron chi connectivity index (χ3n) is 4.49. The number of hydrogen-bond donors (Lipinski definition) is 1. The van der Waals surface area contributed by atoms with E-state index in [9.17, 15) is 14.9 Å². The van der Waals surface area contributed by atoms with Gasteiger partial charge in [-0.15, -0.1) is 0 Å². The number of amides is 1. The molecule has 1 amide bonds. The Balaban J connectivity index is 1.72. The summed E-state index contributed by atoms with van der Waals surface area (Å²) in [6, 6.07) is 10.7. The molecule has 0 fully saturated rings. The molecule has 3 rings (SSSR count). The van der Waals surface area contributed by atoms with Crippen molar-refractivity contribution in [3.8, 4) is 11.8 Å². The van der Waals surface area contributed by atoms with Crippen LogP contribution < -0.4 is 10.1 Å². The summed E-state index contributed by atoms with van der Waals surface area (Å²) >= 11 is 1.20. The van der Waals surface area contributed by atoms with E-state index in [0.717, 1.165) is 0 Å². The number of anilines is 1. The number of fused-ring (bicyclic) bond motifs is 1. The quantitative estimate of drug-likeness (QED) is 0.773. The number of ether oxygens (including phenoxy) is 1. The Hall–Kier alpha value is -2.85. The Bertz CT molecular complexity index is 962. The Morgan fingerprint density at radius 2 is 2.04 bits per heavy atom. The van der Waals surface area contributed by atoms with E-state index in [1.54, 1.807) is 37.4 Å². The molecule has 1 aromatic heterocycles. The second-order valence-electron chi connectivity index (χ2n) is 7.45. The molecule has 2 aromatic rings. The van der Waals surface area contributed by atoms with E-state index in [2.05, 4.69) is 16.4 Å². The van der Waals surface area contributed by atoms with Crippen LogP contribution in [0.5, 0.6) is 5.75 Å². The van der Waals surface area contributed by atoms with Crippen LogP contribution in [-0.2, 0) is 11.2 Å². The van der Waals surface area contributed by atoms with E-state index < -0.39 is 0 Å². The Morgan fingerprint density at radius 3 is 2.68 bits per heavy atom. The summed E-state index contributed by atoms with van der Waals surface area (Å²) in [6.07, 6.45) is 1.12. The first-order valence-electron chi connectivity index (χ1n) is 8.85. The van der Waals surface area contributed by atoms with Crippen molar-refractivity contribution in [3.05, 3.63) is 47.2 Å². The first-order chi connectivity index (χ1) is 13.3. The first kappa shape index (κ1) is 19.9. The maximum Gasteiger partial charge on any atom is 0.234 e. The number of ketones is 1. The number of Topliss-reactive ketones (excluding diaryl/α,β-unsaturated/α-hetero) is 1. The van der Waals surface area contributed by atoms with Gasteiger partial charge in [0.05, 0.1) is 24.1 Å². The summed E-state index contributed by atoms with van der Waals surface area (Å²) < 4.78 is 5.09. The fourth-order valence-corrected chi connectivity index (χ4v) is 3.92. The average molecular weight is 395 g/mol. The normalized spacial score (nSPS) is 14.7. The largest absolute Gasteiger partial charge is 0.497 e. The SMILES string of the molecule is COc1ccc(NC(=O)CSc2nc3c(cc2C#N)C(=O)CC(C)(C)C3)cc1. The van der Waals surface area contributed by atoms with Crippen LogP contribution in [-0.4, -0.2) is 29.5 Å². The predicted molar refractivity (Wildman–Crippen MR) is 108 cm³/mol. The van der Waals surface area contributed by atoms with Crippen LogP contribution in [0.2, 0.25) is 0 Å². The summed E-state index contributed by atoms with van der Waals surface area (Å²) in [5.74, 6) is 0.643. The fourth-order valence-electron chi connectivity index (χ4n) is 3.15. The number of nitrogens with one attached hydrogen (secondary N) is 1. The number of methoxy groups -OCH3 is 1. The third-order valence-corrected chi connectivity index (χ3v) is 5.48. The number of aromatic nitrogens is 1. The topological polar surface area (TPSA) is 92.1 Å². The average Bonchev–Trinajstić information content (AvgIpc) is 2.65. The minimum Gasteiger partial charge on any atom is -0.497 e. The Labute approximate surface area is 168 Å². The standard InChI is InChI=1S/C21H21N3O3S/c1-21(2)9-17-16(18(25)10-21)8-13(11-22)20(24-17)28-12-19(26)23-14-4-6-15(27-3)7-5-14/h4-8H,9-10,12H2,1-3H3,(H,23,26). The number of rotatable bonds is 5. The van der Waals surface area contributed by atoms with Crippen LogP contribution in [0.1, 0.15) is 41.9 Å². The molecule has 28 heavy (non-hydrogen) atoms. The van der Waals surface area contributed by atoms with Crippen molar-refractivity contribution in [1.29, 1.82) is 5.26 Å². The number of hydrogen-bond acceptors (Lipinski definition) is 6. The maximum atomic E-state index is 12.4. The molecule has 0 atom stereocenters. The summed E-state index contributed by atoms with van der Waals surface area (Å²) in [5, 5.41) is 12.7.